The fraction of sp³-hybridized carbons (Fsp3) is 0.333. The molecule has 1 aromatic carbocycles. The summed E-state index contributed by atoms with van der Waals surface area (Å²) in [5, 5.41) is 10.6. The van der Waals surface area contributed by atoms with E-state index in [0.717, 1.165) is 0 Å². The van der Waals surface area contributed by atoms with Crippen molar-refractivity contribution < 1.29 is 4.92 Å². The van der Waals surface area contributed by atoms with Gasteiger partial charge in [-0.15, -0.1) is 0 Å². The van der Waals surface area contributed by atoms with Gasteiger partial charge in [0.1, 0.15) is 0 Å². The monoisotopic (exact) mass is 180 g/mol. The van der Waals surface area contributed by atoms with E-state index in [2.05, 4.69) is 0 Å². The molecule has 0 amide bonds. The van der Waals surface area contributed by atoms with Crippen molar-refractivity contribution in [3.05, 3.63) is 39.9 Å². The van der Waals surface area contributed by atoms with Gasteiger partial charge in [0.05, 0.1) is 4.92 Å². The van der Waals surface area contributed by atoms with Gasteiger partial charge in [0, 0.05) is 17.7 Å². The molecule has 0 bridgehead atoms. The van der Waals surface area contributed by atoms with Crippen molar-refractivity contribution in [3.8, 4) is 0 Å². The maximum Gasteiger partial charge on any atom is 0.272 e. The van der Waals surface area contributed by atoms with Crippen molar-refractivity contribution in [2.75, 3.05) is 0 Å². The number of hydrogen-bond donors (Lipinski definition) is 1. The van der Waals surface area contributed by atoms with E-state index in [1.54, 1.807) is 18.2 Å². The van der Waals surface area contributed by atoms with Gasteiger partial charge in [-0.05, 0) is 13.3 Å². The van der Waals surface area contributed by atoms with E-state index in [-0.39, 0.29) is 16.7 Å². The van der Waals surface area contributed by atoms with Crippen molar-refractivity contribution >= 4 is 5.69 Å². The summed E-state index contributed by atoms with van der Waals surface area (Å²) < 4.78 is 0. The Bertz CT molecular complexity index is 310. The van der Waals surface area contributed by atoms with Gasteiger partial charge in [-0.3, -0.25) is 10.1 Å². The Morgan fingerprint density at radius 2 is 2.15 bits per heavy atom. The molecule has 0 heterocycles. The lowest BCUT2D eigenvalue weighted by molar-refractivity contribution is -0.385. The molecule has 13 heavy (non-hydrogen) atoms. The summed E-state index contributed by atoms with van der Waals surface area (Å²) in [5.74, 6) is 0. The van der Waals surface area contributed by atoms with Gasteiger partial charge in [0.15, 0.2) is 0 Å². The number of nitrogens with two attached hydrogens (primary N) is 1. The highest BCUT2D eigenvalue weighted by molar-refractivity contribution is 5.40. The highest BCUT2D eigenvalue weighted by Gasteiger charge is 2.12. The molecule has 1 rings (SSSR count). The first-order valence-corrected chi connectivity index (χ1v) is 4.09. The van der Waals surface area contributed by atoms with Crippen LogP contribution in [0, 0.1) is 10.1 Å². The molecule has 0 aliphatic rings. The lowest BCUT2D eigenvalue weighted by Crippen LogP contribution is -2.18. The fourth-order valence-electron chi connectivity index (χ4n) is 1.21. The smallest absolute Gasteiger partial charge is 0.272 e. The minimum atomic E-state index is -0.377. The summed E-state index contributed by atoms with van der Waals surface area (Å²) in [6, 6.07) is 6.62. The number of hydrogen-bond acceptors (Lipinski definition) is 3. The predicted molar refractivity (Wildman–Crippen MR) is 50.4 cm³/mol. The molecule has 0 aromatic heterocycles. The largest absolute Gasteiger partial charge is 0.328 e. The third-order valence-electron chi connectivity index (χ3n) is 1.73. The van der Waals surface area contributed by atoms with Crippen LogP contribution in [0.3, 0.4) is 0 Å². The van der Waals surface area contributed by atoms with Crippen molar-refractivity contribution in [2.45, 2.75) is 19.4 Å². The highest BCUT2D eigenvalue weighted by Crippen LogP contribution is 2.18. The van der Waals surface area contributed by atoms with Crippen molar-refractivity contribution in [1.82, 2.24) is 0 Å². The average Bonchev–Trinajstić information content (AvgIpc) is 2.03. The van der Waals surface area contributed by atoms with Gasteiger partial charge in [-0.1, -0.05) is 18.2 Å². The van der Waals surface area contributed by atoms with Crippen LogP contribution in [0.4, 0.5) is 5.69 Å². The second-order valence-electron chi connectivity index (χ2n) is 3.07. The summed E-state index contributed by atoms with van der Waals surface area (Å²) in [6.45, 7) is 1.83. The molecule has 0 saturated carbocycles. The number of para-hydroxylation sites is 1. The highest BCUT2D eigenvalue weighted by atomic mass is 16.6. The van der Waals surface area contributed by atoms with Crippen LogP contribution in [0.25, 0.3) is 0 Å². The minimum Gasteiger partial charge on any atom is -0.328 e. The van der Waals surface area contributed by atoms with Crippen LogP contribution in [-0.4, -0.2) is 11.0 Å². The number of nitro groups is 1. The van der Waals surface area contributed by atoms with Crippen LogP contribution in [0.2, 0.25) is 0 Å². The number of benzene rings is 1. The van der Waals surface area contributed by atoms with Gasteiger partial charge in [0.25, 0.3) is 5.69 Å². The molecule has 70 valence electrons. The second-order valence-corrected chi connectivity index (χ2v) is 3.07. The number of rotatable bonds is 3. The zero-order valence-corrected chi connectivity index (χ0v) is 7.43. The first kappa shape index (κ1) is 9.67. The second kappa shape index (κ2) is 4.00. The maximum atomic E-state index is 10.6. The third-order valence-corrected chi connectivity index (χ3v) is 1.73. The van der Waals surface area contributed by atoms with E-state index < -0.39 is 0 Å². The summed E-state index contributed by atoms with van der Waals surface area (Å²) in [6.07, 6.45) is 0.539. The number of nitro benzene ring substituents is 1. The normalized spacial score (nSPS) is 12.5. The van der Waals surface area contributed by atoms with Gasteiger partial charge in [-0.25, -0.2) is 0 Å². The quantitative estimate of drug-likeness (QED) is 0.565. The molecular weight excluding hydrogens is 168 g/mol. The van der Waals surface area contributed by atoms with E-state index in [9.17, 15) is 10.1 Å². The third kappa shape index (κ3) is 2.52. The molecule has 2 N–H and O–H groups in total. The van der Waals surface area contributed by atoms with Gasteiger partial charge >= 0.3 is 0 Å². The Morgan fingerprint density at radius 3 is 2.69 bits per heavy atom. The lowest BCUT2D eigenvalue weighted by Gasteiger charge is -2.04. The van der Waals surface area contributed by atoms with Crippen LogP contribution in [0.5, 0.6) is 0 Å². The lowest BCUT2D eigenvalue weighted by atomic mass is 10.1. The Balaban J connectivity index is 2.98. The zero-order chi connectivity index (χ0) is 9.84. The zero-order valence-electron chi connectivity index (χ0n) is 7.43. The van der Waals surface area contributed by atoms with E-state index >= 15 is 0 Å². The fourth-order valence-corrected chi connectivity index (χ4v) is 1.21. The summed E-state index contributed by atoms with van der Waals surface area (Å²) >= 11 is 0. The molecule has 0 spiro atoms. The van der Waals surface area contributed by atoms with E-state index in [0.29, 0.717) is 12.0 Å². The van der Waals surface area contributed by atoms with Crippen LogP contribution >= 0.6 is 0 Å². The van der Waals surface area contributed by atoms with Crippen LogP contribution in [0.15, 0.2) is 24.3 Å². The summed E-state index contributed by atoms with van der Waals surface area (Å²) in [7, 11) is 0. The topological polar surface area (TPSA) is 69.2 Å². The van der Waals surface area contributed by atoms with Crippen molar-refractivity contribution in [3.63, 3.8) is 0 Å². The van der Waals surface area contributed by atoms with Crippen LogP contribution in [-0.2, 0) is 6.42 Å². The molecule has 0 saturated heterocycles. The molecule has 4 nitrogen and oxygen atoms in total. The molecule has 1 unspecified atom stereocenters. The first-order chi connectivity index (χ1) is 6.11. The molecule has 0 radical (unpaired) electrons. The standard InChI is InChI=1S/C9H12N2O2/c1-7(10)6-8-4-2-3-5-9(8)11(12)13/h2-5,7H,6,10H2,1H3. The van der Waals surface area contributed by atoms with Crippen molar-refractivity contribution in [1.29, 1.82) is 0 Å². The minimum absolute atomic E-state index is 0.0545. The average molecular weight is 180 g/mol. The van der Waals surface area contributed by atoms with Gasteiger partial charge in [-0.2, -0.15) is 0 Å². The Morgan fingerprint density at radius 1 is 1.54 bits per heavy atom. The molecule has 0 fully saturated rings. The molecular formula is C9H12N2O2. The van der Waals surface area contributed by atoms with Gasteiger partial charge < -0.3 is 5.73 Å². The molecule has 4 heteroatoms. The van der Waals surface area contributed by atoms with E-state index in [4.69, 9.17) is 5.73 Å². The molecule has 1 aromatic rings. The van der Waals surface area contributed by atoms with Crippen LogP contribution < -0.4 is 5.73 Å². The van der Waals surface area contributed by atoms with Gasteiger partial charge in [0.2, 0.25) is 0 Å². The molecule has 1 atom stereocenters. The summed E-state index contributed by atoms with van der Waals surface area (Å²) in [4.78, 5) is 10.2. The Kier molecular flexibility index (Phi) is 2.97. The van der Waals surface area contributed by atoms with Crippen molar-refractivity contribution in [2.24, 2.45) is 5.73 Å². The van der Waals surface area contributed by atoms with E-state index in [1.807, 2.05) is 6.92 Å². The number of nitrogens with zero attached hydrogens (tertiary/aromatic N) is 1. The molecule has 0 aliphatic heterocycles. The Hall–Kier alpha value is -1.42. The summed E-state index contributed by atoms with van der Waals surface area (Å²) in [5.41, 5.74) is 6.42. The predicted octanol–water partition coefficient (Wildman–Crippen LogP) is 1.48. The maximum absolute atomic E-state index is 10.6. The molecule has 0 aliphatic carbocycles. The van der Waals surface area contributed by atoms with E-state index in [1.165, 1.54) is 6.07 Å². The SMILES string of the molecule is CC(N)Cc1ccccc1[N+](=O)[O-]. The Labute approximate surface area is 76.5 Å². The first-order valence-electron chi connectivity index (χ1n) is 4.09. The van der Waals surface area contributed by atoms with Crippen LogP contribution in [0.1, 0.15) is 12.5 Å².